The van der Waals surface area contributed by atoms with Crippen LogP contribution in [0, 0.1) is 0 Å². The van der Waals surface area contributed by atoms with Crippen LogP contribution in [0.1, 0.15) is 30.9 Å². The van der Waals surface area contributed by atoms with Gasteiger partial charge in [0.25, 0.3) is 0 Å². The average molecular weight is 705 g/mol. The van der Waals surface area contributed by atoms with Gasteiger partial charge in [0.1, 0.15) is 6.17 Å². The highest BCUT2D eigenvalue weighted by molar-refractivity contribution is 5.66. The number of unbranched alkanes of at least 4 members (excludes halogenated alkanes) is 1. The SMILES string of the molecule is CCCCOC(=O)NCCOCCOCCOCCOCCN1CCN(CCOCC(F)CN(Cc2ccccc2)Cc2ccccc2)CC1. The topological polar surface area (TPSA) is 94.2 Å². The predicted molar refractivity (Wildman–Crippen MR) is 193 cm³/mol. The fourth-order valence-corrected chi connectivity index (χ4v) is 5.38. The highest BCUT2D eigenvalue weighted by Gasteiger charge is 2.18. The summed E-state index contributed by atoms with van der Waals surface area (Å²) in [5.74, 6) is 0. The number of hydrogen-bond acceptors (Lipinski definition) is 10. The second-order valence-corrected chi connectivity index (χ2v) is 12.4. The fraction of sp³-hybridized carbons (Fsp3) is 0.658. The number of nitrogens with zero attached hydrogens (tertiary/aromatic N) is 3. The first-order valence-electron chi connectivity index (χ1n) is 18.3. The largest absolute Gasteiger partial charge is 0.450 e. The van der Waals surface area contributed by atoms with Gasteiger partial charge in [0.15, 0.2) is 0 Å². The number of alkyl halides is 1. The van der Waals surface area contributed by atoms with Crippen LogP contribution in [0.15, 0.2) is 60.7 Å². The van der Waals surface area contributed by atoms with Crippen molar-refractivity contribution in [3.63, 3.8) is 0 Å². The Morgan fingerprint density at radius 1 is 0.700 bits per heavy atom. The van der Waals surface area contributed by atoms with E-state index in [4.69, 9.17) is 28.4 Å². The van der Waals surface area contributed by atoms with Gasteiger partial charge in [-0.2, -0.15) is 0 Å². The van der Waals surface area contributed by atoms with Gasteiger partial charge in [0, 0.05) is 65.4 Å². The molecule has 1 fully saturated rings. The first kappa shape index (κ1) is 41.7. The number of piperazine rings is 1. The summed E-state index contributed by atoms with van der Waals surface area (Å²) in [6, 6.07) is 20.5. The van der Waals surface area contributed by atoms with Crippen molar-refractivity contribution in [3.05, 3.63) is 71.8 Å². The zero-order valence-electron chi connectivity index (χ0n) is 30.2. The van der Waals surface area contributed by atoms with Crippen molar-refractivity contribution < 1.29 is 37.6 Å². The van der Waals surface area contributed by atoms with Gasteiger partial charge in [-0.3, -0.25) is 14.7 Å². The number of hydrogen-bond donors (Lipinski definition) is 1. The highest BCUT2D eigenvalue weighted by Crippen LogP contribution is 2.12. The number of benzene rings is 2. The molecule has 1 saturated heterocycles. The Balaban J connectivity index is 1.09. The molecule has 1 atom stereocenters. The molecule has 2 aromatic rings. The van der Waals surface area contributed by atoms with Crippen LogP contribution in [0.2, 0.25) is 0 Å². The van der Waals surface area contributed by atoms with Crippen LogP contribution in [0.3, 0.4) is 0 Å². The van der Waals surface area contributed by atoms with Gasteiger partial charge in [0.05, 0.1) is 72.7 Å². The van der Waals surface area contributed by atoms with Crippen molar-refractivity contribution in [2.45, 2.75) is 39.0 Å². The molecular weight excluding hydrogens is 643 g/mol. The molecule has 1 amide bonds. The van der Waals surface area contributed by atoms with Crippen LogP contribution < -0.4 is 5.32 Å². The first-order chi connectivity index (χ1) is 24.6. The molecule has 0 aliphatic carbocycles. The van der Waals surface area contributed by atoms with E-state index in [1.165, 1.54) is 11.1 Å². The fourth-order valence-electron chi connectivity index (χ4n) is 5.38. The minimum absolute atomic E-state index is 0.113. The maximum absolute atomic E-state index is 15.0. The molecule has 0 aromatic heterocycles. The molecule has 12 heteroatoms. The number of carbonyl (C=O) groups is 1. The quantitative estimate of drug-likeness (QED) is 0.124. The van der Waals surface area contributed by atoms with Crippen LogP contribution in [0.4, 0.5) is 9.18 Å². The van der Waals surface area contributed by atoms with Crippen LogP contribution in [0.5, 0.6) is 0 Å². The minimum Gasteiger partial charge on any atom is -0.450 e. The second kappa shape index (κ2) is 28.0. The number of carbonyl (C=O) groups excluding carboxylic acids is 1. The Morgan fingerprint density at radius 2 is 1.18 bits per heavy atom. The molecule has 1 aliphatic rings. The Morgan fingerprint density at radius 3 is 1.70 bits per heavy atom. The lowest BCUT2D eigenvalue weighted by Crippen LogP contribution is -2.48. The van der Waals surface area contributed by atoms with Crippen LogP contribution >= 0.6 is 0 Å². The van der Waals surface area contributed by atoms with E-state index in [-0.39, 0.29) is 6.61 Å². The Bertz CT molecular complexity index is 1040. The third-order valence-corrected chi connectivity index (χ3v) is 8.18. The van der Waals surface area contributed by atoms with Crippen molar-refractivity contribution in [1.29, 1.82) is 0 Å². The number of rotatable bonds is 29. The number of nitrogens with one attached hydrogen (secondary N) is 1. The molecular formula is C38H61FN4O7. The maximum atomic E-state index is 15.0. The Hall–Kier alpha value is -2.68. The lowest BCUT2D eigenvalue weighted by Gasteiger charge is -2.34. The standard InChI is InChI=1S/C38H61FN4O7/c1-2-3-21-50-38(44)40-14-22-45-25-27-47-29-30-48-28-26-46-23-19-41-15-17-42(18-16-41)20-24-49-34-37(39)33-43(31-35-10-6-4-7-11-35)32-36-12-8-5-9-13-36/h4-13,37H,2-3,14-34H2,1H3,(H,40,44). The average Bonchev–Trinajstić information content (AvgIpc) is 3.13. The van der Waals surface area contributed by atoms with Crippen molar-refractivity contribution in [2.24, 2.45) is 0 Å². The van der Waals surface area contributed by atoms with E-state index in [0.717, 1.165) is 52.1 Å². The van der Waals surface area contributed by atoms with Gasteiger partial charge in [-0.05, 0) is 17.5 Å². The molecule has 11 nitrogen and oxygen atoms in total. The lowest BCUT2D eigenvalue weighted by atomic mass is 10.1. The molecule has 0 bridgehead atoms. The summed E-state index contributed by atoms with van der Waals surface area (Å²) in [7, 11) is 0. The summed E-state index contributed by atoms with van der Waals surface area (Å²) in [6.45, 7) is 15.1. The third kappa shape index (κ3) is 20.9. The molecule has 282 valence electrons. The Labute approximate surface area is 299 Å². The minimum atomic E-state index is -1.04. The van der Waals surface area contributed by atoms with E-state index in [0.29, 0.717) is 92.2 Å². The zero-order chi connectivity index (χ0) is 35.3. The van der Waals surface area contributed by atoms with E-state index in [1.54, 1.807) is 0 Å². The van der Waals surface area contributed by atoms with Gasteiger partial charge >= 0.3 is 6.09 Å². The van der Waals surface area contributed by atoms with Crippen molar-refractivity contribution in [1.82, 2.24) is 20.0 Å². The van der Waals surface area contributed by atoms with Crippen molar-refractivity contribution in [3.8, 4) is 0 Å². The first-order valence-corrected chi connectivity index (χ1v) is 18.3. The van der Waals surface area contributed by atoms with E-state index >= 15 is 4.39 Å². The predicted octanol–water partition coefficient (Wildman–Crippen LogP) is 4.25. The van der Waals surface area contributed by atoms with E-state index < -0.39 is 12.3 Å². The molecule has 1 aliphatic heterocycles. The summed E-state index contributed by atoms with van der Waals surface area (Å²) in [4.78, 5) is 18.4. The van der Waals surface area contributed by atoms with Crippen LogP contribution in [-0.4, -0.2) is 152 Å². The smallest absolute Gasteiger partial charge is 0.407 e. The van der Waals surface area contributed by atoms with Crippen molar-refractivity contribution >= 4 is 6.09 Å². The summed E-state index contributed by atoms with van der Waals surface area (Å²) < 4.78 is 48.0. The van der Waals surface area contributed by atoms with Gasteiger partial charge in [-0.15, -0.1) is 0 Å². The zero-order valence-corrected chi connectivity index (χ0v) is 30.2. The summed E-state index contributed by atoms with van der Waals surface area (Å²) in [5.41, 5.74) is 2.36. The monoisotopic (exact) mass is 704 g/mol. The molecule has 1 N–H and O–H groups in total. The number of alkyl carbamates (subject to hydrolysis) is 1. The molecule has 0 saturated carbocycles. The molecule has 1 heterocycles. The van der Waals surface area contributed by atoms with Crippen molar-refractivity contribution in [2.75, 3.05) is 125 Å². The van der Waals surface area contributed by atoms with Crippen LogP contribution in [0.25, 0.3) is 0 Å². The third-order valence-electron chi connectivity index (χ3n) is 8.18. The molecule has 3 rings (SSSR count). The highest BCUT2D eigenvalue weighted by atomic mass is 19.1. The van der Waals surface area contributed by atoms with Crippen LogP contribution in [-0.2, 0) is 41.5 Å². The van der Waals surface area contributed by atoms with Gasteiger partial charge < -0.3 is 33.7 Å². The van der Waals surface area contributed by atoms with Gasteiger partial charge in [0.2, 0.25) is 0 Å². The van der Waals surface area contributed by atoms with E-state index in [2.05, 4.69) is 44.3 Å². The maximum Gasteiger partial charge on any atom is 0.407 e. The van der Waals surface area contributed by atoms with Gasteiger partial charge in [-0.1, -0.05) is 74.0 Å². The molecule has 2 aromatic carbocycles. The number of halogens is 1. The normalized spacial score (nSPS) is 14.6. The Kier molecular flexibility index (Phi) is 23.3. The summed E-state index contributed by atoms with van der Waals surface area (Å²) in [5, 5.41) is 2.65. The molecule has 0 spiro atoms. The molecule has 1 unspecified atom stereocenters. The summed E-state index contributed by atoms with van der Waals surface area (Å²) in [6.07, 6.45) is 0.414. The molecule has 0 radical (unpaired) electrons. The number of amides is 1. The second-order valence-electron chi connectivity index (χ2n) is 12.4. The van der Waals surface area contributed by atoms with E-state index in [1.807, 2.05) is 43.3 Å². The lowest BCUT2D eigenvalue weighted by molar-refractivity contribution is -0.00552. The number of ether oxygens (including phenoxy) is 6. The van der Waals surface area contributed by atoms with E-state index in [9.17, 15) is 4.79 Å². The van der Waals surface area contributed by atoms with Gasteiger partial charge in [-0.25, -0.2) is 9.18 Å². The summed E-state index contributed by atoms with van der Waals surface area (Å²) >= 11 is 0. The molecule has 50 heavy (non-hydrogen) atoms.